The van der Waals surface area contributed by atoms with E-state index in [4.69, 9.17) is 0 Å². The van der Waals surface area contributed by atoms with Gasteiger partial charge >= 0.3 is 0 Å². The van der Waals surface area contributed by atoms with Gasteiger partial charge in [-0.25, -0.2) is 0 Å². The Hall–Kier alpha value is -2.81. The highest BCUT2D eigenvalue weighted by Gasteiger charge is 2.25. The molecule has 2 N–H and O–H groups in total. The topological polar surface area (TPSA) is 57.5 Å². The van der Waals surface area contributed by atoms with Crippen LogP contribution in [0.3, 0.4) is 0 Å². The van der Waals surface area contributed by atoms with Gasteiger partial charge in [-0.2, -0.15) is 0 Å². The maximum atomic E-state index is 12.7. The van der Waals surface area contributed by atoms with Crippen molar-refractivity contribution < 1.29 is 15.0 Å². The molecule has 2 aromatic rings. The molecule has 0 unspecified atom stereocenters. The van der Waals surface area contributed by atoms with Crippen LogP contribution < -0.4 is 0 Å². The van der Waals surface area contributed by atoms with Crippen LogP contribution in [0.25, 0.3) is 0 Å². The van der Waals surface area contributed by atoms with Crippen molar-refractivity contribution in [2.75, 3.05) is 0 Å². The molecule has 3 heteroatoms. The summed E-state index contributed by atoms with van der Waals surface area (Å²) >= 11 is 0. The van der Waals surface area contributed by atoms with E-state index in [1.54, 1.807) is 42.5 Å². The van der Waals surface area contributed by atoms with Crippen LogP contribution >= 0.6 is 0 Å². The monoisotopic (exact) mass is 308 g/mol. The summed E-state index contributed by atoms with van der Waals surface area (Å²) in [5.41, 5.74) is 2.32. The number of carbonyl (C=O) groups excluding carboxylic acids is 1. The summed E-state index contributed by atoms with van der Waals surface area (Å²) in [4.78, 5) is 12.7. The number of hydrogen-bond acceptors (Lipinski definition) is 3. The van der Waals surface area contributed by atoms with Gasteiger partial charge in [0, 0.05) is 16.7 Å². The van der Waals surface area contributed by atoms with E-state index >= 15 is 0 Å². The van der Waals surface area contributed by atoms with Crippen LogP contribution in [-0.2, 0) is 12.8 Å². The third kappa shape index (κ3) is 3.04. The Labute approximate surface area is 136 Å². The predicted molar refractivity (Wildman–Crippen MR) is 92.2 cm³/mol. The van der Waals surface area contributed by atoms with Gasteiger partial charge in [-0.1, -0.05) is 42.5 Å². The SMILES string of the molecule is C=CCc1c(C)c(CC=C)c(O)c(C(=O)c2ccccc2)c1O. The fourth-order valence-corrected chi connectivity index (χ4v) is 2.69. The van der Waals surface area contributed by atoms with Crippen LogP contribution in [-0.4, -0.2) is 16.0 Å². The van der Waals surface area contributed by atoms with E-state index in [0.717, 1.165) is 5.56 Å². The first kappa shape index (κ1) is 16.6. The van der Waals surface area contributed by atoms with Crippen LogP contribution in [0.15, 0.2) is 55.6 Å². The van der Waals surface area contributed by atoms with Gasteiger partial charge in [0.15, 0.2) is 0 Å². The number of rotatable bonds is 6. The minimum absolute atomic E-state index is 0.0597. The third-order valence-electron chi connectivity index (χ3n) is 3.91. The third-order valence-corrected chi connectivity index (χ3v) is 3.91. The maximum Gasteiger partial charge on any atom is 0.200 e. The van der Waals surface area contributed by atoms with Crippen molar-refractivity contribution >= 4 is 5.78 Å². The Morgan fingerprint density at radius 1 is 1.00 bits per heavy atom. The van der Waals surface area contributed by atoms with Crippen LogP contribution in [0.2, 0.25) is 0 Å². The summed E-state index contributed by atoms with van der Waals surface area (Å²) < 4.78 is 0. The average Bonchev–Trinajstić information content (AvgIpc) is 2.56. The lowest BCUT2D eigenvalue weighted by molar-refractivity contribution is 0.103. The zero-order valence-electron chi connectivity index (χ0n) is 13.2. The molecule has 118 valence electrons. The summed E-state index contributed by atoms with van der Waals surface area (Å²) in [6.07, 6.45) is 4.15. The Bertz CT molecular complexity index is 721. The van der Waals surface area contributed by atoms with Gasteiger partial charge in [0.2, 0.25) is 5.78 Å². The van der Waals surface area contributed by atoms with Gasteiger partial charge in [-0.05, 0) is 25.3 Å². The van der Waals surface area contributed by atoms with E-state index in [2.05, 4.69) is 13.2 Å². The van der Waals surface area contributed by atoms with E-state index < -0.39 is 5.78 Å². The first-order valence-corrected chi connectivity index (χ1v) is 7.40. The molecule has 0 atom stereocenters. The molecule has 0 amide bonds. The molecule has 2 aromatic carbocycles. The van der Waals surface area contributed by atoms with Crippen LogP contribution in [0.4, 0.5) is 0 Å². The average molecular weight is 308 g/mol. The second kappa shape index (κ2) is 6.97. The van der Waals surface area contributed by atoms with Gasteiger partial charge in [0.25, 0.3) is 0 Å². The number of aromatic hydroxyl groups is 2. The molecule has 0 aliphatic carbocycles. The Kier molecular flexibility index (Phi) is 5.02. The Morgan fingerprint density at radius 2 is 1.48 bits per heavy atom. The van der Waals surface area contributed by atoms with E-state index in [9.17, 15) is 15.0 Å². The van der Waals surface area contributed by atoms with Crippen molar-refractivity contribution in [1.29, 1.82) is 0 Å². The molecule has 0 aliphatic heterocycles. The predicted octanol–water partition coefficient (Wildman–Crippen LogP) is 4.09. The zero-order valence-corrected chi connectivity index (χ0v) is 13.2. The fraction of sp³-hybridized carbons (Fsp3) is 0.150. The maximum absolute atomic E-state index is 12.7. The smallest absolute Gasteiger partial charge is 0.200 e. The van der Waals surface area contributed by atoms with Gasteiger partial charge in [-0.15, -0.1) is 13.2 Å². The molecule has 0 spiro atoms. The Balaban J connectivity index is 2.73. The van der Waals surface area contributed by atoms with Crippen LogP contribution in [0.1, 0.15) is 32.6 Å². The quantitative estimate of drug-likeness (QED) is 0.624. The van der Waals surface area contributed by atoms with Crippen molar-refractivity contribution in [3.8, 4) is 11.5 Å². The second-order valence-corrected chi connectivity index (χ2v) is 5.34. The summed E-state index contributed by atoms with van der Waals surface area (Å²) in [5, 5.41) is 21.1. The molecule has 0 heterocycles. The number of phenolic OH excluding ortho intramolecular Hbond substituents is 2. The van der Waals surface area contributed by atoms with E-state index in [1.807, 2.05) is 6.92 Å². The number of ketones is 1. The van der Waals surface area contributed by atoms with E-state index in [1.165, 1.54) is 0 Å². The van der Waals surface area contributed by atoms with Crippen molar-refractivity contribution in [2.24, 2.45) is 0 Å². The summed E-state index contributed by atoms with van der Waals surface area (Å²) in [6, 6.07) is 8.59. The largest absolute Gasteiger partial charge is 0.507 e. The van der Waals surface area contributed by atoms with E-state index in [0.29, 0.717) is 29.5 Å². The second-order valence-electron chi connectivity index (χ2n) is 5.34. The highest BCUT2D eigenvalue weighted by Crippen LogP contribution is 2.39. The molecule has 0 fully saturated rings. The minimum atomic E-state index is -0.406. The van der Waals surface area contributed by atoms with Crippen molar-refractivity contribution in [3.05, 3.63) is 83.5 Å². The van der Waals surface area contributed by atoms with E-state index in [-0.39, 0.29) is 17.1 Å². The molecule has 0 radical (unpaired) electrons. The minimum Gasteiger partial charge on any atom is -0.507 e. The number of carbonyl (C=O) groups is 1. The van der Waals surface area contributed by atoms with Crippen molar-refractivity contribution in [2.45, 2.75) is 19.8 Å². The molecule has 0 aliphatic rings. The van der Waals surface area contributed by atoms with Crippen LogP contribution in [0.5, 0.6) is 11.5 Å². The highest BCUT2D eigenvalue weighted by atomic mass is 16.3. The standard InChI is InChI=1S/C20H20O3/c1-4-9-15-13(3)16(10-5-2)20(23)17(19(15)22)18(21)14-11-7-6-8-12-14/h4-8,11-12,22-23H,1-2,9-10H2,3H3. The highest BCUT2D eigenvalue weighted by molar-refractivity contribution is 6.13. The summed E-state index contributed by atoms with van der Waals surface area (Å²) in [7, 11) is 0. The van der Waals surface area contributed by atoms with Crippen molar-refractivity contribution in [3.63, 3.8) is 0 Å². The summed E-state index contributed by atoms with van der Waals surface area (Å²) in [6.45, 7) is 9.19. The molecule has 0 saturated heterocycles. The molecule has 0 aromatic heterocycles. The normalized spacial score (nSPS) is 10.3. The molecule has 0 saturated carbocycles. The summed E-state index contributed by atoms with van der Waals surface area (Å²) in [5.74, 6) is -0.764. The Morgan fingerprint density at radius 3 is 1.91 bits per heavy atom. The zero-order chi connectivity index (χ0) is 17.0. The lowest BCUT2D eigenvalue weighted by Crippen LogP contribution is -2.07. The molecule has 3 nitrogen and oxygen atoms in total. The fourth-order valence-electron chi connectivity index (χ4n) is 2.69. The molecule has 23 heavy (non-hydrogen) atoms. The molecular formula is C20H20O3. The molecule has 2 rings (SSSR count). The molecule has 0 bridgehead atoms. The first-order chi connectivity index (χ1) is 11.0. The number of hydrogen-bond donors (Lipinski definition) is 2. The molecular weight excluding hydrogens is 288 g/mol. The number of benzene rings is 2. The van der Waals surface area contributed by atoms with Gasteiger partial charge < -0.3 is 10.2 Å². The lowest BCUT2D eigenvalue weighted by atomic mass is 9.89. The van der Waals surface area contributed by atoms with Crippen molar-refractivity contribution in [1.82, 2.24) is 0 Å². The van der Waals surface area contributed by atoms with Gasteiger partial charge in [0.05, 0.1) is 0 Å². The van der Waals surface area contributed by atoms with Gasteiger partial charge in [-0.3, -0.25) is 4.79 Å². The van der Waals surface area contributed by atoms with Crippen LogP contribution in [0, 0.1) is 6.92 Å². The first-order valence-electron chi connectivity index (χ1n) is 7.40. The lowest BCUT2D eigenvalue weighted by Gasteiger charge is -2.18. The number of allylic oxidation sites excluding steroid dienone is 2. The van der Waals surface area contributed by atoms with Gasteiger partial charge in [0.1, 0.15) is 17.1 Å². The number of phenols is 2.